The molecule has 0 bridgehead atoms. The molecule has 0 spiro atoms. The summed E-state index contributed by atoms with van der Waals surface area (Å²) >= 11 is 1.40. The van der Waals surface area contributed by atoms with E-state index in [2.05, 4.69) is 10.2 Å². The molecule has 2 rings (SSSR count). The molecule has 1 heterocycles. The van der Waals surface area contributed by atoms with E-state index in [0.29, 0.717) is 29.1 Å². The van der Waals surface area contributed by atoms with Crippen LogP contribution in [0.5, 0.6) is 5.75 Å². The summed E-state index contributed by atoms with van der Waals surface area (Å²) in [7, 11) is 0. The van der Waals surface area contributed by atoms with E-state index >= 15 is 0 Å². The van der Waals surface area contributed by atoms with E-state index in [1.54, 1.807) is 23.6 Å². The fourth-order valence-electron chi connectivity index (χ4n) is 1.66. The van der Waals surface area contributed by atoms with Crippen LogP contribution in [0.15, 0.2) is 29.4 Å². The molecule has 8 heteroatoms. The SMILES string of the molecule is Cc1nnc(SCCOc2cccc(F)c2)n1CC(N)=O. The Hall–Kier alpha value is -2.09. The first-order valence-corrected chi connectivity index (χ1v) is 7.24. The lowest BCUT2D eigenvalue weighted by molar-refractivity contribution is -0.118. The third-order valence-corrected chi connectivity index (χ3v) is 3.53. The summed E-state index contributed by atoms with van der Waals surface area (Å²) in [5, 5.41) is 8.50. The number of rotatable bonds is 7. The molecule has 6 nitrogen and oxygen atoms in total. The van der Waals surface area contributed by atoms with Gasteiger partial charge in [-0.2, -0.15) is 0 Å². The van der Waals surface area contributed by atoms with Crippen molar-refractivity contribution in [3.63, 3.8) is 0 Å². The number of halogens is 1. The zero-order valence-corrected chi connectivity index (χ0v) is 12.3. The molecule has 0 aliphatic rings. The third-order valence-electron chi connectivity index (χ3n) is 2.60. The maximum Gasteiger partial charge on any atom is 0.237 e. The van der Waals surface area contributed by atoms with E-state index in [1.807, 2.05) is 0 Å². The van der Waals surface area contributed by atoms with Crippen LogP contribution in [0.2, 0.25) is 0 Å². The van der Waals surface area contributed by atoms with Gasteiger partial charge in [0, 0.05) is 11.8 Å². The van der Waals surface area contributed by atoms with Crippen LogP contribution < -0.4 is 10.5 Å². The molecule has 0 atom stereocenters. The number of carbonyl (C=O) groups is 1. The Kier molecular flexibility index (Phi) is 5.15. The molecule has 0 saturated carbocycles. The van der Waals surface area contributed by atoms with Gasteiger partial charge in [0.25, 0.3) is 0 Å². The smallest absolute Gasteiger partial charge is 0.237 e. The molecule has 0 aliphatic carbocycles. The molecule has 1 aromatic heterocycles. The maximum atomic E-state index is 13.0. The second kappa shape index (κ2) is 7.07. The summed E-state index contributed by atoms with van der Waals surface area (Å²) < 4.78 is 20.0. The van der Waals surface area contributed by atoms with Gasteiger partial charge in [-0.15, -0.1) is 10.2 Å². The van der Waals surface area contributed by atoms with E-state index in [4.69, 9.17) is 10.5 Å². The van der Waals surface area contributed by atoms with Gasteiger partial charge in [-0.25, -0.2) is 4.39 Å². The number of hydrogen-bond donors (Lipinski definition) is 1. The number of primary amides is 1. The summed E-state index contributed by atoms with van der Waals surface area (Å²) in [6, 6.07) is 5.96. The Morgan fingerprint density at radius 1 is 1.48 bits per heavy atom. The number of nitrogens with two attached hydrogens (primary N) is 1. The van der Waals surface area contributed by atoms with Crippen molar-refractivity contribution in [2.24, 2.45) is 5.73 Å². The third kappa shape index (κ3) is 4.45. The average Bonchev–Trinajstić information content (AvgIpc) is 2.76. The monoisotopic (exact) mass is 310 g/mol. The van der Waals surface area contributed by atoms with E-state index in [-0.39, 0.29) is 12.4 Å². The van der Waals surface area contributed by atoms with Gasteiger partial charge in [-0.3, -0.25) is 9.36 Å². The van der Waals surface area contributed by atoms with Gasteiger partial charge in [-0.1, -0.05) is 17.8 Å². The van der Waals surface area contributed by atoms with Gasteiger partial charge in [-0.05, 0) is 19.1 Å². The first kappa shape index (κ1) is 15.3. The molecule has 21 heavy (non-hydrogen) atoms. The molecule has 0 saturated heterocycles. The van der Waals surface area contributed by atoms with Crippen LogP contribution in [0.4, 0.5) is 4.39 Å². The van der Waals surface area contributed by atoms with E-state index < -0.39 is 5.91 Å². The van der Waals surface area contributed by atoms with Crippen LogP contribution in [0.25, 0.3) is 0 Å². The lowest BCUT2D eigenvalue weighted by Crippen LogP contribution is -2.20. The minimum atomic E-state index is -0.448. The highest BCUT2D eigenvalue weighted by Gasteiger charge is 2.11. The van der Waals surface area contributed by atoms with Gasteiger partial charge in [0.15, 0.2) is 5.16 Å². The standard InChI is InChI=1S/C13H15FN4O2S/c1-9-16-17-13(18(9)8-12(15)19)21-6-5-20-11-4-2-3-10(14)7-11/h2-4,7H,5-6,8H2,1H3,(H2,15,19). The molecule has 112 valence electrons. The van der Waals surface area contributed by atoms with Crippen molar-refractivity contribution in [2.75, 3.05) is 12.4 Å². The largest absolute Gasteiger partial charge is 0.493 e. The highest BCUT2D eigenvalue weighted by Crippen LogP contribution is 2.17. The molecule has 2 aromatic rings. The van der Waals surface area contributed by atoms with Gasteiger partial charge in [0.1, 0.15) is 23.9 Å². The molecule has 0 aliphatic heterocycles. The fraction of sp³-hybridized carbons (Fsp3) is 0.308. The second-order valence-electron chi connectivity index (χ2n) is 4.24. The molecule has 0 fully saturated rings. The predicted octanol–water partition coefficient (Wildman–Crippen LogP) is 1.38. The molecule has 2 N–H and O–H groups in total. The summed E-state index contributed by atoms with van der Waals surface area (Å²) in [6.45, 7) is 2.19. The van der Waals surface area contributed by atoms with Gasteiger partial charge < -0.3 is 10.5 Å². The topological polar surface area (TPSA) is 83.0 Å². The number of aryl methyl sites for hydroxylation is 1. The number of carbonyl (C=O) groups excluding carboxylic acids is 1. The Balaban J connectivity index is 1.85. The number of ether oxygens (including phenoxy) is 1. The predicted molar refractivity (Wildman–Crippen MR) is 76.6 cm³/mol. The van der Waals surface area contributed by atoms with Crippen molar-refractivity contribution < 1.29 is 13.9 Å². The van der Waals surface area contributed by atoms with Crippen LogP contribution in [0.1, 0.15) is 5.82 Å². The molecular weight excluding hydrogens is 295 g/mol. The van der Waals surface area contributed by atoms with Crippen molar-refractivity contribution in [1.82, 2.24) is 14.8 Å². The van der Waals surface area contributed by atoms with Gasteiger partial charge in [0.2, 0.25) is 5.91 Å². The van der Waals surface area contributed by atoms with Gasteiger partial charge >= 0.3 is 0 Å². The van der Waals surface area contributed by atoms with Crippen molar-refractivity contribution in [2.45, 2.75) is 18.6 Å². The van der Waals surface area contributed by atoms with Crippen LogP contribution in [0, 0.1) is 12.7 Å². The van der Waals surface area contributed by atoms with Crippen LogP contribution in [0.3, 0.4) is 0 Å². The lowest BCUT2D eigenvalue weighted by atomic mass is 10.3. The van der Waals surface area contributed by atoms with Crippen molar-refractivity contribution in [3.8, 4) is 5.75 Å². The number of thioether (sulfide) groups is 1. The lowest BCUT2D eigenvalue weighted by Gasteiger charge is -2.07. The Bertz CT molecular complexity index is 632. The van der Waals surface area contributed by atoms with E-state index in [0.717, 1.165) is 0 Å². The highest BCUT2D eigenvalue weighted by molar-refractivity contribution is 7.99. The van der Waals surface area contributed by atoms with E-state index in [9.17, 15) is 9.18 Å². The normalized spacial score (nSPS) is 10.6. The molecule has 1 amide bonds. The highest BCUT2D eigenvalue weighted by atomic mass is 32.2. The fourth-order valence-corrected chi connectivity index (χ4v) is 2.46. The number of benzene rings is 1. The van der Waals surface area contributed by atoms with Crippen molar-refractivity contribution in [3.05, 3.63) is 35.9 Å². The quantitative estimate of drug-likeness (QED) is 0.617. The van der Waals surface area contributed by atoms with E-state index in [1.165, 1.54) is 23.9 Å². The molecule has 1 aromatic carbocycles. The van der Waals surface area contributed by atoms with Crippen LogP contribution >= 0.6 is 11.8 Å². The minimum Gasteiger partial charge on any atom is -0.493 e. The Morgan fingerprint density at radius 3 is 3.00 bits per heavy atom. The summed E-state index contributed by atoms with van der Waals surface area (Å²) in [5.41, 5.74) is 5.18. The summed E-state index contributed by atoms with van der Waals surface area (Å²) in [5.74, 6) is 0.911. The molecule has 0 unspecified atom stereocenters. The number of hydrogen-bond acceptors (Lipinski definition) is 5. The molecule has 0 radical (unpaired) electrons. The molecular formula is C13H15FN4O2S. The Labute approximate surface area is 125 Å². The summed E-state index contributed by atoms with van der Waals surface area (Å²) in [4.78, 5) is 11.0. The second-order valence-corrected chi connectivity index (χ2v) is 5.30. The number of aromatic nitrogens is 3. The first-order chi connectivity index (χ1) is 10.1. The number of nitrogens with zero attached hydrogens (tertiary/aromatic N) is 3. The minimum absolute atomic E-state index is 0.0475. The summed E-state index contributed by atoms with van der Waals surface area (Å²) in [6.07, 6.45) is 0. The van der Waals surface area contributed by atoms with Crippen molar-refractivity contribution in [1.29, 1.82) is 0 Å². The first-order valence-electron chi connectivity index (χ1n) is 6.25. The van der Waals surface area contributed by atoms with Gasteiger partial charge in [0.05, 0.1) is 6.61 Å². The zero-order chi connectivity index (χ0) is 15.2. The maximum absolute atomic E-state index is 13.0. The zero-order valence-electron chi connectivity index (χ0n) is 11.5. The van der Waals surface area contributed by atoms with Crippen LogP contribution in [-0.4, -0.2) is 33.0 Å². The Morgan fingerprint density at radius 2 is 2.29 bits per heavy atom. The van der Waals surface area contributed by atoms with Crippen molar-refractivity contribution >= 4 is 17.7 Å². The average molecular weight is 310 g/mol. The number of amides is 1. The van der Waals surface area contributed by atoms with Crippen LogP contribution in [-0.2, 0) is 11.3 Å².